The van der Waals surface area contributed by atoms with Crippen molar-refractivity contribution in [3.63, 3.8) is 0 Å². The van der Waals surface area contributed by atoms with Crippen LogP contribution in [0, 0.1) is 0 Å². The second kappa shape index (κ2) is 5.68. The number of aromatic nitrogens is 4. The number of fused-ring (bicyclic) bond motifs is 1. The summed E-state index contributed by atoms with van der Waals surface area (Å²) in [5, 5.41) is 4.35. The third-order valence-electron chi connectivity index (χ3n) is 3.42. The average molecular weight is 385 g/mol. The zero-order valence-corrected chi connectivity index (χ0v) is 14.1. The molecule has 0 spiro atoms. The van der Waals surface area contributed by atoms with Crippen molar-refractivity contribution in [3.8, 4) is 11.3 Å². The van der Waals surface area contributed by atoms with Gasteiger partial charge in [0.05, 0.1) is 26.1 Å². The van der Waals surface area contributed by atoms with Crippen LogP contribution in [-0.2, 0) is 0 Å². The van der Waals surface area contributed by atoms with Crippen molar-refractivity contribution in [1.29, 1.82) is 0 Å². The van der Waals surface area contributed by atoms with Gasteiger partial charge in [-0.2, -0.15) is 5.10 Å². The SMILES string of the molecule is O=C(c1ccc(Br)s1)c1cnn2c(-c3ccncc3)ccnc12. The van der Waals surface area contributed by atoms with Gasteiger partial charge >= 0.3 is 0 Å². The Kier molecular flexibility index (Phi) is 3.51. The Bertz CT molecular complexity index is 1010. The fourth-order valence-corrected chi connectivity index (χ4v) is 3.70. The van der Waals surface area contributed by atoms with Crippen molar-refractivity contribution < 1.29 is 4.79 Å². The van der Waals surface area contributed by atoms with Gasteiger partial charge in [-0.05, 0) is 46.3 Å². The first-order valence-electron chi connectivity index (χ1n) is 6.77. The molecular weight excluding hydrogens is 376 g/mol. The average Bonchev–Trinajstić information content (AvgIpc) is 3.21. The fraction of sp³-hybridized carbons (Fsp3) is 0. The summed E-state index contributed by atoms with van der Waals surface area (Å²) in [4.78, 5) is 21.7. The highest BCUT2D eigenvalue weighted by molar-refractivity contribution is 9.11. The van der Waals surface area contributed by atoms with Gasteiger partial charge in [-0.3, -0.25) is 9.78 Å². The molecule has 7 heteroatoms. The van der Waals surface area contributed by atoms with Gasteiger partial charge < -0.3 is 0 Å². The van der Waals surface area contributed by atoms with Gasteiger partial charge in [0.2, 0.25) is 5.78 Å². The lowest BCUT2D eigenvalue weighted by atomic mass is 10.1. The molecule has 23 heavy (non-hydrogen) atoms. The molecule has 0 saturated heterocycles. The van der Waals surface area contributed by atoms with Gasteiger partial charge in [0.15, 0.2) is 5.65 Å². The van der Waals surface area contributed by atoms with Crippen molar-refractivity contribution in [2.75, 3.05) is 0 Å². The van der Waals surface area contributed by atoms with E-state index in [2.05, 4.69) is 31.0 Å². The normalized spacial score (nSPS) is 11.0. The van der Waals surface area contributed by atoms with E-state index in [0.29, 0.717) is 16.1 Å². The molecule has 0 fully saturated rings. The monoisotopic (exact) mass is 384 g/mol. The van der Waals surface area contributed by atoms with E-state index in [1.807, 2.05) is 24.3 Å². The summed E-state index contributed by atoms with van der Waals surface area (Å²) >= 11 is 4.78. The first kappa shape index (κ1) is 14.2. The van der Waals surface area contributed by atoms with E-state index in [1.165, 1.54) is 11.3 Å². The van der Waals surface area contributed by atoms with E-state index in [4.69, 9.17) is 0 Å². The predicted molar refractivity (Wildman–Crippen MR) is 91.7 cm³/mol. The number of rotatable bonds is 3. The molecule has 0 bridgehead atoms. The maximum Gasteiger partial charge on any atom is 0.208 e. The van der Waals surface area contributed by atoms with Crippen molar-refractivity contribution >= 4 is 38.7 Å². The van der Waals surface area contributed by atoms with E-state index < -0.39 is 0 Å². The number of nitrogens with zero attached hydrogens (tertiary/aromatic N) is 4. The number of carbonyl (C=O) groups is 1. The number of pyridine rings is 1. The van der Waals surface area contributed by atoms with Crippen molar-refractivity contribution in [2.24, 2.45) is 0 Å². The van der Waals surface area contributed by atoms with Crippen LogP contribution >= 0.6 is 27.3 Å². The summed E-state index contributed by atoms with van der Waals surface area (Å²) in [6.07, 6.45) is 6.71. The molecule has 4 aromatic heterocycles. The van der Waals surface area contributed by atoms with E-state index in [9.17, 15) is 4.79 Å². The lowest BCUT2D eigenvalue weighted by Crippen LogP contribution is -2.01. The first-order chi connectivity index (χ1) is 11.2. The van der Waals surface area contributed by atoms with Crippen LogP contribution in [0.3, 0.4) is 0 Å². The van der Waals surface area contributed by atoms with Gasteiger partial charge in [0.1, 0.15) is 0 Å². The highest BCUT2D eigenvalue weighted by atomic mass is 79.9. The highest BCUT2D eigenvalue weighted by Gasteiger charge is 2.19. The van der Waals surface area contributed by atoms with Crippen LogP contribution in [0.2, 0.25) is 0 Å². The second-order valence-electron chi connectivity index (χ2n) is 4.79. The Balaban J connectivity index is 1.87. The summed E-state index contributed by atoms with van der Waals surface area (Å²) in [5.74, 6) is -0.0740. The van der Waals surface area contributed by atoms with Gasteiger partial charge in [-0.15, -0.1) is 11.3 Å². The topological polar surface area (TPSA) is 60.2 Å². The fourth-order valence-electron chi connectivity index (χ4n) is 2.36. The third kappa shape index (κ3) is 2.47. The van der Waals surface area contributed by atoms with Crippen molar-refractivity contribution in [1.82, 2.24) is 19.6 Å². The minimum Gasteiger partial charge on any atom is -0.287 e. The van der Waals surface area contributed by atoms with Gasteiger partial charge in [-0.1, -0.05) is 0 Å². The zero-order valence-electron chi connectivity index (χ0n) is 11.7. The Hall–Kier alpha value is -2.38. The van der Waals surface area contributed by atoms with Crippen LogP contribution < -0.4 is 0 Å². The minimum absolute atomic E-state index is 0.0740. The smallest absolute Gasteiger partial charge is 0.208 e. The number of thiophene rings is 1. The molecule has 0 aliphatic heterocycles. The van der Waals surface area contributed by atoms with Crippen LogP contribution in [0.5, 0.6) is 0 Å². The van der Waals surface area contributed by atoms with Crippen LogP contribution in [0.4, 0.5) is 0 Å². The second-order valence-corrected chi connectivity index (χ2v) is 7.26. The molecule has 0 atom stereocenters. The largest absolute Gasteiger partial charge is 0.287 e. The number of hydrogen-bond donors (Lipinski definition) is 0. The lowest BCUT2D eigenvalue weighted by molar-refractivity contribution is 0.104. The Labute approximate surface area is 143 Å². The molecule has 5 nitrogen and oxygen atoms in total. The summed E-state index contributed by atoms with van der Waals surface area (Å²) in [6, 6.07) is 9.32. The van der Waals surface area contributed by atoms with Gasteiger partial charge in [-0.25, -0.2) is 9.50 Å². The molecule has 4 rings (SSSR count). The van der Waals surface area contributed by atoms with Crippen LogP contribution in [0.25, 0.3) is 16.9 Å². The van der Waals surface area contributed by atoms with Crippen molar-refractivity contribution in [2.45, 2.75) is 0 Å². The molecule has 0 saturated carbocycles. The summed E-state index contributed by atoms with van der Waals surface area (Å²) in [7, 11) is 0. The van der Waals surface area contributed by atoms with Gasteiger partial charge in [0, 0.05) is 24.2 Å². The Morgan fingerprint density at radius 2 is 1.91 bits per heavy atom. The molecule has 0 unspecified atom stereocenters. The molecule has 0 amide bonds. The number of halogens is 1. The molecule has 112 valence electrons. The minimum atomic E-state index is -0.0740. The molecule has 4 aromatic rings. The number of hydrogen-bond acceptors (Lipinski definition) is 5. The molecular formula is C16H9BrN4OS. The summed E-state index contributed by atoms with van der Waals surface area (Å²) in [5.41, 5.74) is 2.88. The summed E-state index contributed by atoms with van der Waals surface area (Å²) in [6.45, 7) is 0. The highest BCUT2D eigenvalue weighted by Crippen LogP contribution is 2.26. The Morgan fingerprint density at radius 3 is 2.65 bits per heavy atom. The zero-order chi connectivity index (χ0) is 15.8. The lowest BCUT2D eigenvalue weighted by Gasteiger charge is -2.04. The van der Waals surface area contributed by atoms with Crippen molar-refractivity contribution in [3.05, 3.63) is 69.3 Å². The quantitative estimate of drug-likeness (QED) is 0.503. The predicted octanol–water partition coefficient (Wildman–Crippen LogP) is 3.85. The van der Waals surface area contributed by atoms with Gasteiger partial charge in [0.25, 0.3) is 0 Å². The molecule has 0 aliphatic rings. The molecule has 4 heterocycles. The van der Waals surface area contributed by atoms with E-state index >= 15 is 0 Å². The maximum atomic E-state index is 12.7. The standard InChI is InChI=1S/C16H9BrN4OS/c17-14-2-1-13(23-14)15(22)11-9-20-21-12(5-8-19-16(11)21)10-3-6-18-7-4-10/h1-9H. The first-order valence-corrected chi connectivity index (χ1v) is 8.38. The number of ketones is 1. The van der Waals surface area contributed by atoms with E-state index in [1.54, 1.807) is 35.4 Å². The van der Waals surface area contributed by atoms with E-state index in [-0.39, 0.29) is 5.78 Å². The van der Waals surface area contributed by atoms with Crippen LogP contribution in [0.1, 0.15) is 15.2 Å². The maximum absolute atomic E-state index is 12.7. The number of carbonyl (C=O) groups excluding carboxylic acids is 1. The molecule has 0 aliphatic carbocycles. The molecule has 0 radical (unpaired) electrons. The van der Waals surface area contributed by atoms with Crippen LogP contribution in [-0.4, -0.2) is 25.4 Å². The Morgan fingerprint density at radius 1 is 1.09 bits per heavy atom. The van der Waals surface area contributed by atoms with Crippen LogP contribution in [0.15, 0.2) is 58.9 Å². The third-order valence-corrected chi connectivity index (χ3v) is 5.04. The molecule has 0 aromatic carbocycles. The summed E-state index contributed by atoms with van der Waals surface area (Å²) < 4.78 is 2.60. The van der Waals surface area contributed by atoms with E-state index in [0.717, 1.165) is 15.0 Å². The molecule has 0 N–H and O–H groups in total.